The molecule has 0 saturated heterocycles. The van der Waals surface area contributed by atoms with E-state index in [2.05, 4.69) is 0 Å². The molecule has 76 valence electrons. The first-order chi connectivity index (χ1) is 6.54. The van der Waals surface area contributed by atoms with Crippen LogP contribution in [-0.2, 0) is 4.79 Å². The number of rotatable bonds is 3. The fourth-order valence-corrected chi connectivity index (χ4v) is 1.42. The molecule has 0 spiro atoms. The van der Waals surface area contributed by atoms with E-state index in [1.165, 1.54) is 18.1 Å². The summed E-state index contributed by atoms with van der Waals surface area (Å²) in [6, 6.07) is 3.01. The van der Waals surface area contributed by atoms with Crippen LogP contribution < -0.4 is 5.73 Å². The molecule has 1 aromatic rings. The summed E-state index contributed by atoms with van der Waals surface area (Å²) in [6.45, 7) is 1.45. The highest BCUT2D eigenvalue weighted by Gasteiger charge is 2.24. The van der Waals surface area contributed by atoms with Gasteiger partial charge >= 0.3 is 0 Å². The van der Waals surface area contributed by atoms with Crippen molar-refractivity contribution < 1.29 is 9.21 Å². The van der Waals surface area contributed by atoms with E-state index in [-0.39, 0.29) is 10.9 Å². The fourth-order valence-electron chi connectivity index (χ4n) is 1.15. The summed E-state index contributed by atoms with van der Waals surface area (Å²) in [5.41, 5.74) is 5.54. The molecule has 0 saturated carbocycles. The van der Waals surface area contributed by atoms with Crippen molar-refractivity contribution in [2.24, 2.45) is 5.73 Å². The van der Waals surface area contributed by atoms with Gasteiger partial charge in [-0.25, -0.2) is 0 Å². The van der Waals surface area contributed by atoms with Crippen molar-refractivity contribution in [3.05, 3.63) is 24.2 Å². The molecule has 0 aliphatic carbocycles. The minimum absolute atomic E-state index is 0.112. The molecule has 0 bridgehead atoms. The number of hydrogen-bond donors (Lipinski definition) is 1. The van der Waals surface area contributed by atoms with Crippen LogP contribution >= 0.6 is 12.2 Å². The zero-order valence-electron chi connectivity index (χ0n) is 8.06. The van der Waals surface area contributed by atoms with Gasteiger partial charge in [-0.05, 0) is 12.1 Å². The van der Waals surface area contributed by atoms with Crippen molar-refractivity contribution in [1.29, 1.82) is 0 Å². The van der Waals surface area contributed by atoms with Crippen molar-refractivity contribution >= 4 is 23.1 Å². The lowest BCUT2D eigenvalue weighted by Gasteiger charge is -2.24. The molecular weight excluding hydrogens is 200 g/mol. The average Bonchev–Trinajstić information content (AvgIpc) is 2.56. The maximum Gasteiger partial charge on any atom is 0.220 e. The van der Waals surface area contributed by atoms with Gasteiger partial charge in [0, 0.05) is 14.0 Å². The van der Waals surface area contributed by atoms with Gasteiger partial charge in [0.25, 0.3) is 0 Å². The van der Waals surface area contributed by atoms with E-state index in [0.717, 1.165) is 0 Å². The Balaban J connectivity index is 2.97. The smallest absolute Gasteiger partial charge is 0.220 e. The largest absolute Gasteiger partial charge is 0.467 e. The Kier molecular flexibility index (Phi) is 3.24. The van der Waals surface area contributed by atoms with Crippen LogP contribution in [0, 0.1) is 0 Å². The van der Waals surface area contributed by atoms with Crippen LogP contribution in [0.25, 0.3) is 0 Å². The molecule has 4 nitrogen and oxygen atoms in total. The highest BCUT2D eigenvalue weighted by Crippen LogP contribution is 2.20. The first kappa shape index (κ1) is 10.7. The summed E-state index contributed by atoms with van der Waals surface area (Å²) in [6.07, 6.45) is 1.52. The van der Waals surface area contributed by atoms with E-state index < -0.39 is 6.04 Å². The summed E-state index contributed by atoms with van der Waals surface area (Å²) in [5.74, 6) is 0.467. The van der Waals surface area contributed by atoms with E-state index in [4.69, 9.17) is 22.4 Å². The summed E-state index contributed by atoms with van der Waals surface area (Å²) >= 11 is 4.88. The van der Waals surface area contributed by atoms with Crippen molar-refractivity contribution in [3.8, 4) is 0 Å². The number of likely N-dealkylation sites (N-methyl/N-ethyl adjacent to an activating group) is 1. The average molecular weight is 212 g/mol. The van der Waals surface area contributed by atoms with Gasteiger partial charge in [0.15, 0.2) is 0 Å². The molecule has 1 unspecified atom stereocenters. The monoisotopic (exact) mass is 212 g/mol. The Bertz CT molecular complexity index is 335. The van der Waals surface area contributed by atoms with Crippen molar-refractivity contribution in [3.63, 3.8) is 0 Å². The van der Waals surface area contributed by atoms with Crippen molar-refractivity contribution in [2.75, 3.05) is 7.05 Å². The van der Waals surface area contributed by atoms with Gasteiger partial charge in [0.2, 0.25) is 5.91 Å². The molecule has 0 aliphatic rings. The lowest BCUT2D eigenvalue weighted by molar-refractivity contribution is -0.128. The lowest BCUT2D eigenvalue weighted by atomic mass is 10.2. The molecule has 14 heavy (non-hydrogen) atoms. The van der Waals surface area contributed by atoms with Crippen LogP contribution in [-0.4, -0.2) is 22.8 Å². The zero-order chi connectivity index (χ0) is 10.7. The number of carbonyl (C=O) groups is 1. The Labute approximate surface area is 87.7 Å². The number of thiocarbonyl (C=S) groups is 1. The second-order valence-corrected chi connectivity index (χ2v) is 3.42. The lowest BCUT2D eigenvalue weighted by Crippen LogP contribution is -2.36. The minimum atomic E-state index is -0.461. The van der Waals surface area contributed by atoms with E-state index in [0.29, 0.717) is 5.76 Å². The van der Waals surface area contributed by atoms with Gasteiger partial charge in [0.05, 0.1) is 6.26 Å². The topological polar surface area (TPSA) is 59.5 Å². The maximum absolute atomic E-state index is 11.2. The van der Waals surface area contributed by atoms with Crippen LogP contribution in [0.1, 0.15) is 18.7 Å². The number of hydrogen-bond acceptors (Lipinski definition) is 3. The SMILES string of the molecule is CC(=O)N(C)C(C(N)=S)c1ccco1. The molecule has 1 rings (SSSR count). The van der Waals surface area contributed by atoms with E-state index in [1.807, 2.05) is 0 Å². The summed E-state index contributed by atoms with van der Waals surface area (Å²) < 4.78 is 5.17. The Morgan fingerprint density at radius 3 is 2.71 bits per heavy atom. The third-order valence-electron chi connectivity index (χ3n) is 1.97. The third-order valence-corrected chi connectivity index (χ3v) is 2.19. The second-order valence-electron chi connectivity index (χ2n) is 2.95. The minimum Gasteiger partial charge on any atom is -0.467 e. The van der Waals surface area contributed by atoms with Gasteiger partial charge in [-0.2, -0.15) is 0 Å². The van der Waals surface area contributed by atoms with Gasteiger partial charge in [-0.3, -0.25) is 4.79 Å². The maximum atomic E-state index is 11.2. The van der Waals surface area contributed by atoms with Gasteiger partial charge in [-0.15, -0.1) is 0 Å². The van der Waals surface area contributed by atoms with Crippen molar-refractivity contribution in [2.45, 2.75) is 13.0 Å². The summed E-state index contributed by atoms with van der Waals surface area (Å²) in [5, 5.41) is 0. The van der Waals surface area contributed by atoms with Crippen LogP contribution in [0.2, 0.25) is 0 Å². The molecule has 5 heteroatoms. The molecule has 1 atom stereocenters. The normalized spacial score (nSPS) is 12.1. The fraction of sp³-hybridized carbons (Fsp3) is 0.333. The molecule has 0 fully saturated rings. The predicted octanol–water partition coefficient (Wildman–Crippen LogP) is 1.09. The summed E-state index contributed by atoms with van der Waals surface area (Å²) in [7, 11) is 1.63. The number of nitrogens with two attached hydrogens (primary N) is 1. The Morgan fingerprint density at radius 1 is 1.71 bits per heavy atom. The molecule has 0 aliphatic heterocycles. The number of carbonyl (C=O) groups excluding carboxylic acids is 1. The van der Waals surface area contributed by atoms with Gasteiger partial charge < -0.3 is 15.1 Å². The van der Waals surface area contributed by atoms with Crippen LogP contribution in [0.5, 0.6) is 0 Å². The van der Waals surface area contributed by atoms with E-state index >= 15 is 0 Å². The number of amides is 1. The highest BCUT2D eigenvalue weighted by molar-refractivity contribution is 7.80. The zero-order valence-corrected chi connectivity index (χ0v) is 8.88. The third kappa shape index (κ3) is 2.11. The van der Waals surface area contributed by atoms with E-state index in [1.54, 1.807) is 19.2 Å². The van der Waals surface area contributed by atoms with Crippen molar-refractivity contribution in [1.82, 2.24) is 4.90 Å². The highest BCUT2D eigenvalue weighted by atomic mass is 32.1. The van der Waals surface area contributed by atoms with E-state index in [9.17, 15) is 4.79 Å². The Hall–Kier alpha value is -1.36. The number of furan rings is 1. The molecule has 2 N–H and O–H groups in total. The van der Waals surface area contributed by atoms with Crippen LogP contribution in [0.3, 0.4) is 0 Å². The molecule has 1 aromatic heterocycles. The molecule has 1 amide bonds. The first-order valence-corrected chi connectivity index (χ1v) is 4.51. The van der Waals surface area contributed by atoms with Gasteiger partial charge in [-0.1, -0.05) is 12.2 Å². The quantitative estimate of drug-likeness (QED) is 0.762. The standard InChI is InChI=1S/C9H12N2O2S/c1-6(12)11(2)8(9(10)14)7-4-3-5-13-7/h3-5,8H,1-2H3,(H2,10,14). The Morgan fingerprint density at radius 2 is 2.36 bits per heavy atom. The first-order valence-electron chi connectivity index (χ1n) is 4.10. The molecular formula is C9H12N2O2S. The molecule has 0 radical (unpaired) electrons. The second kappa shape index (κ2) is 4.23. The van der Waals surface area contributed by atoms with Crippen LogP contribution in [0.4, 0.5) is 0 Å². The predicted molar refractivity (Wildman–Crippen MR) is 56.7 cm³/mol. The number of nitrogens with zero attached hydrogens (tertiary/aromatic N) is 1. The van der Waals surface area contributed by atoms with Crippen LogP contribution in [0.15, 0.2) is 22.8 Å². The molecule has 1 heterocycles. The molecule has 0 aromatic carbocycles. The van der Waals surface area contributed by atoms with Gasteiger partial charge in [0.1, 0.15) is 16.8 Å². The summed E-state index contributed by atoms with van der Waals surface area (Å²) in [4.78, 5) is 12.8.